The molecule has 0 aromatic heterocycles. The molecule has 3 rings (SSSR count). The second-order valence-corrected chi connectivity index (χ2v) is 9.31. The Labute approximate surface area is 191 Å². The van der Waals surface area contributed by atoms with Crippen LogP contribution in [0.5, 0.6) is 0 Å². The van der Waals surface area contributed by atoms with Crippen molar-refractivity contribution in [2.24, 2.45) is 11.8 Å². The summed E-state index contributed by atoms with van der Waals surface area (Å²) >= 11 is 1.66. The van der Waals surface area contributed by atoms with Crippen molar-refractivity contribution in [3.63, 3.8) is 0 Å². The molecule has 0 spiro atoms. The first-order chi connectivity index (χ1) is 15.3. The molecule has 1 heterocycles. The molecule has 32 heavy (non-hydrogen) atoms. The van der Waals surface area contributed by atoms with Gasteiger partial charge in [-0.1, -0.05) is 26.0 Å². The highest BCUT2D eigenvalue weighted by atomic mass is 32.2. The molecule has 0 saturated carbocycles. The van der Waals surface area contributed by atoms with Gasteiger partial charge >= 0.3 is 11.9 Å². The number of halogens is 1. The van der Waals surface area contributed by atoms with Crippen molar-refractivity contribution < 1.29 is 28.2 Å². The van der Waals surface area contributed by atoms with Gasteiger partial charge in [0.2, 0.25) is 0 Å². The average Bonchev–Trinajstić information content (AvgIpc) is 2.76. The van der Waals surface area contributed by atoms with E-state index in [9.17, 15) is 18.8 Å². The quantitative estimate of drug-likeness (QED) is 0.376. The lowest BCUT2D eigenvalue weighted by molar-refractivity contribution is -0.151. The van der Waals surface area contributed by atoms with Gasteiger partial charge in [-0.3, -0.25) is 9.59 Å². The van der Waals surface area contributed by atoms with Crippen LogP contribution in [0.25, 0.3) is 0 Å². The van der Waals surface area contributed by atoms with Crippen molar-refractivity contribution in [2.45, 2.75) is 33.1 Å². The second-order valence-electron chi connectivity index (χ2n) is 7.92. The van der Waals surface area contributed by atoms with E-state index in [1.165, 1.54) is 19.2 Å². The van der Waals surface area contributed by atoms with Crippen LogP contribution >= 0.6 is 11.8 Å². The zero-order valence-corrected chi connectivity index (χ0v) is 19.5. The topological polar surface area (TPSA) is 81.7 Å². The van der Waals surface area contributed by atoms with E-state index in [1.807, 2.05) is 13.8 Å². The van der Waals surface area contributed by atoms with E-state index in [0.29, 0.717) is 40.3 Å². The summed E-state index contributed by atoms with van der Waals surface area (Å²) in [5.74, 6) is -2.34. The molecule has 1 aromatic rings. The molecule has 0 radical (unpaired) electrons. The molecular formula is C24H28FNO5S. The predicted octanol–water partition coefficient (Wildman–Crippen LogP) is 3.74. The van der Waals surface area contributed by atoms with Crippen LogP contribution in [0, 0.1) is 17.7 Å². The van der Waals surface area contributed by atoms with Crippen molar-refractivity contribution in [3.05, 3.63) is 58.2 Å². The number of ether oxygens (including phenoxy) is 2. The number of benzene rings is 1. The Morgan fingerprint density at radius 3 is 2.56 bits per heavy atom. The lowest BCUT2D eigenvalue weighted by Crippen LogP contribution is -2.43. The number of carbonyl (C=O) groups excluding carboxylic acids is 3. The number of hydrogen-bond donors (Lipinski definition) is 1. The summed E-state index contributed by atoms with van der Waals surface area (Å²) in [5, 5.41) is 3.21. The average molecular weight is 462 g/mol. The highest BCUT2D eigenvalue weighted by Gasteiger charge is 2.47. The Morgan fingerprint density at radius 2 is 1.94 bits per heavy atom. The van der Waals surface area contributed by atoms with Crippen LogP contribution in [0.1, 0.15) is 38.7 Å². The van der Waals surface area contributed by atoms with Crippen molar-refractivity contribution in [3.8, 4) is 0 Å². The first-order valence-electron chi connectivity index (χ1n) is 10.6. The normalized spacial score (nSPS) is 22.9. The standard InChI is InChI=1S/C24H28FNO5S/c1-5-32-11-10-31-24(29)19-14(3)26-17-12-13(2)18(23(28)30-4)22(27)21(17)20(19)15-6-8-16(25)9-7-15/h6-9,13,18,20,26H,5,10-12H2,1-4H3/t13-,18-,20-/m1/s1. The molecule has 1 aliphatic heterocycles. The number of allylic oxidation sites excluding steroid dienone is 3. The van der Waals surface area contributed by atoms with Gasteiger partial charge < -0.3 is 14.8 Å². The van der Waals surface area contributed by atoms with Crippen LogP contribution in [-0.4, -0.2) is 42.9 Å². The second kappa shape index (κ2) is 10.3. The maximum Gasteiger partial charge on any atom is 0.336 e. The van der Waals surface area contributed by atoms with E-state index in [0.717, 1.165) is 5.75 Å². The van der Waals surface area contributed by atoms with Crippen LogP contribution in [0.15, 0.2) is 46.8 Å². The van der Waals surface area contributed by atoms with Gasteiger partial charge in [0.15, 0.2) is 5.78 Å². The van der Waals surface area contributed by atoms with E-state index in [2.05, 4.69) is 5.32 Å². The zero-order chi connectivity index (χ0) is 23.4. The van der Waals surface area contributed by atoms with Gasteiger partial charge in [-0.05, 0) is 42.7 Å². The van der Waals surface area contributed by atoms with E-state index in [-0.39, 0.29) is 18.3 Å². The summed E-state index contributed by atoms with van der Waals surface area (Å²) in [6.07, 6.45) is 0.450. The lowest BCUT2D eigenvalue weighted by Gasteiger charge is -2.38. The molecule has 172 valence electrons. The van der Waals surface area contributed by atoms with Crippen molar-refractivity contribution in [1.82, 2.24) is 5.32 Å². The molecular weight excluding hydrogens is 433 g/mol. The molecule has 1 N–H and O–H groups in total. The number of nitrogens with one attached hydrogen (secondary N) is 1. The molecule has 1 aromatic carbocycles. The summed E-state index contributed by atoms with van der Waals surface area (Å²) in [7, 11) is 1.25. The van der Waals surface area contributed by atoms with Crippen LogP contribution in [0.3, 0.4) is 0 Å². The van der Waals surface area contributed by atoms with Crippen molar-refractivity contribution in [2.75, 3.05) is 25.2 Å². The molecule has 3 atom stereocenters. The highest BCUT2D eigenvalue weighted by Crippen LogP contribution is 2.45. The number of hydrogen-bond acceptors (Lipinski definition) is 7. The molecule has 1 aliphatic carbocycles. The smallest absolute Gasteiger partial charge is 0.336 e. The van der Waals surface area contributed by atoms with E-state index >= 15 is 0 Å². The summed E-state index contributed by atoms with van der Waals surface area (Å²) in [5.41, 5.74) is 2.48. The predicted molar refractivity (Wildman–Crippen MR) is 120 cm³/mol. The highest BCUT2D eigenvalue weighted by molar-refractivity contribution is 7.99. The number of rotatable bonds is 7. The fraction of sp³-hybridized carbons (Fsp3) is 0.458. The van der Waals surface area contributed by atoms with Gasteiger partial charge in [0, 0.05) is 28.6 Å². The number of dihydropyridines is 1. The maximum absolute atomic E-state index is 13.6. The molecule has 0 saturated heterocycles. The number of Topliss-reactive ketones (excluding diaryl/α,β-unsaturated/α-hetero) is 1. The van der Waals surface area contributed by atoms with E-state index in [1.54, 1.807) is 30.8 Å². The van der Waals surface area contributed by atoms with Gasteiger partial charge in [0.1, 0.15) is 18.3 Å². The minimum atomic E-state index is -0.958. The molecule has 0 fully saturated rings. The number of carbonyl (C=O) groups is 3. The Kier molecular flexibility index (Phi) is 7.77. The van der Waals surface area contributed by atoms with Crippen LogP contribution in [0.4, 0.5) is 4.39 Å². The Balaban J connectivity index is 2.06. The Bertz CT molecular complexity index is 969. The summed E-state index contributed by atoms with van der Waals surface area (Å²) in [6, 6.07) is 5.70. The van der Waals surface area contributed by atoms with Gasteiger partial charge in [-0.15, -0.1) is 0 Å². The molecule has 6 nitrogen and oxygen atoms in total. The fourth-order valence-corrected chi connectivity index (χ4v) is 4.84. The minimum Gasteiger partial charge on any atom is -0.468 e. The molecule has 0 amide bonds. The Morgan fingerprint density at radius 1 is 1.25 bits per heavy atom. The third-order valence-electron chi connectivity index (χ3n) is 5.83. The molecule has 8 heteroatoms. The van der Waals surface area contributed by atoms with Gasteiger partial charge in [-0.25, -0.2) is 9.18 Å². The maximum atomic E-state index is 13.6. The zero-order valence-electron chi connectivity index (χ0n) is 18.7. The lowest BCUT2D eigenvalue weighted by atomic mass is 9.69. The number of thioether (sulfide) groups is 1. The number of ketones is 1. The van der Waals surface area contributed by atoms with Crippen LogP contribution < -0.4 is 5.32 Å². The molecule has 2 aliphatic rings. The third kappa shape index (κ3) is 4.75. The summed E-state index contributed by atoms with van der Waals surface area (Å²) in [6.45, 7) is 5.85. The minimum absolute atomic E-state index is 0.242. The first kappa shape index (κ1) is 24.0. The number of esters is 2. The largest absolute Gasteiger partial charge is 0.468 e. The Hall–Kier alpha value is -2.61. The molecule has 0 bridgehead atoms. The molecule has 0 unspecified atom stereocenters. The van der Waals surface area contributed by atoms with Crippen molar-refractivity contribution >= 4 is 29.5 Å². The summed E-state index contributed by atoms with van der Waals surface area (Å²) in [4.78, 5) is 39.0. The van der Waals surface area contributed by atoms with Gasteiger partial charge in [-0.2, -0.15) is 11.8 Å². The van der Waals surface area contributed by atoms with Gasteiger partial charge in [0.05, 0.1) is 12.7 Å². The monoisotopic (exact) mass is 461 g/mol. The fourth-order valence-electron chi connectivity index (χ4n) is 4.36. The van der Waals surface area contributed by atoms with Crippen LogP contribution in [0.2, 0.25) is 0 Å². The summed E-state index contributed by atoms with van der Waals surface area (Å²) < 4.78 is 24.0. The van der Waals surface area contributed by atoms with Gasteiger partial charge in [0.25, 0.3) is 0 Å². The first-order valence-corrected chi connectivity index (χ1v) is 11.8. The third-order valence-corrected chi connectivity index (χ3v) is 6.69. The van der Waals surface area contributed by atoms with Crippen molar-refractivity contribution in [1.29, 1.82) is 0 Å². The number of methoxy groups -OCH3 is 1. The SMILES string of the molecule is CCSCCOC(=O)C1=C(C)NC2=C(C(=O)[C@H](C(=O)OC)[C@H](C)C2)[C@@H]1c1ccc(F)cc1. The van der Waals surface area contributed by atoms with E-state index < -0.39 is 29.6 Å². The van der Waals surface area contributed by atoms with E-state index in [4.69, 9.17) is 9.47 Å². The van der Waals surface area contributed by atoms with Crippen LogP contribution in [-0.2, 0) is 23.9 Å².